The van der Waals surface area contributed by atoms with Crippen molar-refractivity contribution >= 4 is 29.9 Å². The van der Waals surface area contributed by atoms with Crippen LogP contribution in [-0.4, -0.2) is 23.7 Å². The Labute approximate surface area is 131 Å². The average molecular weight is 324 g/mol. The molecule has 0 saturated carbocycles. The van der Waals surface area contributed by atoms with Crippen LogP contribution >= 0.6 is 24.0 Å². The molecular formula is C13H23Cl2N3O2. The van der Waals surface area contributed by atoms with Crippen molar-refractivity contribution in [3.63, 3.8) is 0 Å². The number of rotatable bonds is 8. The monoisotopic (exact) mass is 323 g/mol. The lowest BCUT2D eigenvalue weighted by atomic mass is 10.1. The van der Waals surface area contributed by atoms with Crippen molar-refractivity contribution < 1.29 is 9.32 Å². The Balaban J connectivity index is 0.00000361. The van der Waals surface area contributed by atoms with E-state index in [1.165, 1.54) is 0 Å². The van der Waals surface area contributed by atoms with Gasteiger partial charge in [-0.05, 0) is 31.4 Å². The standard InChI is InChI=1S/C13H22ClN3O2.ClH/c1-3-4-5-10(8-15)16-12(18)7-6-11-9(2)17-19-13(11)14;/h10H,3-8,15H2,1-2H3,(H,16,18);1H. The first-order chi connectivity index (χ1) is 9.08. The first-order valence-corrected chi connectivity index (χ1v) is 7.06. The Morgan fingerprint density at radius 2 is 2.25 bits per heavy atom. The van der Waals surface area contributed by atoms with Crippen molar-refractivity contribution in [1.29, 1.82) is 0 Å². The van der Waals surface area contributed by atoms with E-state index in [0.717, 1.165) is 30.5 Å². The molecule has 0 saturated heterocycles. The van der Waals surface area contributed by atoms with Crippen molar-refractivity contribution in [3.05, 3.63) is 16.5 Å². The van der Waals surface area contributed by atoms with Gasteiger partial charge < -0.3 is 15.6 Å². The fraction of sp³-hybridized carbons (Fsp3) is 0.692. The summed E-state index contributed by atoms with van der Waals surface area (Å²) in [5, 5.41) is 6.97. The maximum absolute atomic E-state index is 11.8. The lowest BCUT2D eigenvalue weighted by molar-refractivity contribution is -0.121. The molecule has 0 aliphatic carbocycles. The van der Waals surface area contributed by atoms with E-state index in [-0.39, 0.29) is 29.6 Å². The third-order valence-corrected chi connectivity index (χ3v) is 3.39. The number of unbranched alkanes of at least 4 members (excludes halogenated alkanes) is 1. The fourth-order valence-electron chi connectivity index (χ4n) is 1.88. The van der Waals surface area contributed by atoms with Crippen LogP contribution in [0.15, 0.2) is 4.52 Å². The third-order valence-electron chi connectivity index (χ3n) is 3.09. The highest BCUT2D eigenvalue weighted by atomic mass is 35.5. The Bertz CT molecular complexity index is 391. The molecule has 1 aromatic heterocycles. The molecule has 0 radical (unpaired) electrons. The van der Waals surface area contributed by atoms with Gasteiger partial charge in [0.25, 0.3) is 0 Å². The molecular weight excluding hydrogens is 301 g/mol. The zero-order valence-corrected chi connectivity index (χ0v) is 13.5. The smallest absolute Gasteiger partial charge is 0.229 e. The van der Waals surface area contributed by atoms with Gasteiger partial charge in [0.2, 0.25) is 11.1 Å². The average Bonchev–Trinajstić information content (AvgIpc) is 2.71. The lowest BCUT2D eigenvalue weighted by Crippen LogP contribution is -2.40. The summed E-state index contributed by atoms with van der Waals surface area (Å²) in [6.07, 6.45) is 3.99. The van der Waals surface area contributed by atoms with E-state index in [9.17, 15) is 4.79 Å². The molecule has 0 bridgehead atoms. The van der Waals surface area contributed by atoms with Gasteiger partial charge in [0, 0.05) is 24.6 Å². The maximum atomic E-state index is 11.8. The van der Waals surface area contributed by atoms with Crippen LogP contribution in [0.3, 0.4) is 0 Å². The quantitative estimate of drug-likeness (QED) is 0.770. The first-order valence-electron chi connectivity index (χ1n) is 6.68. The molecule has 1 atom stereocenters. The first kappa shape index (κ1) is 19.2. The van der Waals surface area contributed by atoms with Crippen molar-refractivity contribution in [2.75, 3.05) is 6.54 Å². The molecule has 116 valence electrons. The predicted octanol–water partition coefficient (Wildman–Crippen LogP) is 2.62. The molecule has 1 aromatic rings. The van der Waals surface area contributed by atoms with E-state index in [4.69, 9.17) is 21.9 Å². The molecule has 5 nitrogen and oxygen atoms in total. The molecule has 0 spiro atoms. The summed E-state index contributed by atoms with van der Waals surface area (Å²) in [6.45, 7) is 4.40. The number of hydrogen-bond donors (Lipinski definition) is 2. The summed E-state index contributed by atoms with van der Waals surface area (Å²) in [4.78, 5) is 11.8. The van der Waals surface area contributed by atoms with Crippen LogP contribution in [0.5, 0.6) is 0 Å². The van der Waals surface area contributed by atoms with Crippen LogP contribution in [0.2, 0.25) is 5.22 Å². The summed E-state index contributed by atoms with van der Waals surface area (Å²) in [6, 6.07) is 0.0616. The molecule has 0 aliphatic rings. The van der Waals surface area contributed by atoms with Gasteiger partial charge in [-0.3, -0.25) is 4.79 Å². The number of hydrogen-bond acceptors (Lipinski definition) is 4. The minimum Gasteiger partial charge on any atom is -0.352 e. The Morgan fingerprint density at radius 1 is 1.55 bits per heavy atom. The second kappa shape index (κ2) is 10.0. The summed E-state index contributed by atoms with van der Waals surface area (Å²) >= 11 is 5.85. The number of nitrogens with two attached hydrogens (primary N) is 1. The van der Waals surface area contributed by atoms with Gasteiger partial charge in [-0.15, -0.1) is 12.4 Å². The summed E-state index contributed by atoms with van der Waals surface area (Å²) in [5.74, 6) is -0.0109. The van der Waals surface area contributed by atoms with E-state index in [0.29, 0.717) is 19.4 Å². The number of carbonyl (C=O) groups excluding carboxylic acids is 1. The molecule has 0 fully saturated rings. The Hall–Kier alpha value is -0.780. The predicted molar refractivity (Wildman–Crippen MR) is 82.3 cm³/mol. The highest BCUT2D eigenvalue weighted by Gasteiger charge is 2.14. The Kier molecular flexibility index (Phi) is 9.63. The number of nitrogens with one attached hydrogen (secondary N) is 1. The number of nitrogens with zero attached hydrogens (tertiary/aromatic N) is 1. The van der Waals surface area contributed by atoms with E-state index < -0.39 is 0 Å². The number of aromatic nitrogens is 1. The lowest BCUT2D eigenvalue weighted by Gasteiger charge is -2.16. The molecule has 1 rings (SSSR count). The van der Waals surface area contributed by atoms with Crippen molar-refractivity contribution in [2.24, 2.45) is 5.73 Å². The van der Waals surface area contributed by atoms with Gasteiger partial charge in [0.15, 0.2) is 0 Å². The van der Waals surface area contributed by atoms with Crippen molar-refractivity contribution in [3.8, 4) is 0 Å². The molecule has 1 heterocycles. The van der Waals surface area contributed by atoms with Gasteiger partial charge in [0.05, 0.1) is 5.69 Å². The molecule has 20 heavy (non-hydrogen) atoms. The van der Waals surface area contributed by atoms with Crippen LogP contribution in [0.4, 0.5) is 0 Å². The van der Waals surface area contributed by atoms with Crippen LogP contribution < -0.4 is 11.1 Å². The summed E-state index contributed by atoms with van der Waals surface area (Å²) in [5.41, 5.74) is 7.18. The van der Waals surface area contributed by atoms with E-state index >= 15 is 0 Å². The largest absolute Gasteiger partial charge is 0.352 e. The highest BCUT2D eigenvalue weighted by molar-refractivity contribution is 6.29. The third kappa shape index (κ3) is 6.11. The maximum Gasteiger partial charge on any atom is 0.229 e. The fourth-order valence-corrected chi connectivity index (χ4v) is 2.14. The van der Waals surface area contributed by atoms with Gasteiger partial charge in [0.1, 0.15) is 0 Å². The van der Waals surface area contributed by atoms with E-state index in [2.05, 4.69) is 17.4 Å². The minimum absolute atomic E-state index is 0. The second-order valence-electron chi connectivity index (χ2n) is 4.66. The molecule has 1 amide bonds. The minimum atomic E-state index is -0.0109. The normalized spacial score (nSPS) is 11.8. The number of amides is 1. The van der Waals surface area contributed by atoms with E-state index in [1.54, 1.807) is 0 Å². The molecule has 3 N–H and O–H groups in total. The highest BCUT2D eigenvalue weighted by Crippen LogP contribution is 2.20. The zero-order valence-electron chi connectivity index (χ0n) is 11.9. The number of aryl methyl sites for hydroxylation is 1. The molecule has 1 unspecified atom stereocenters. The second-order valence-corrected chi connectivity index (χ2v) is 5.01. The SMILES string of the molecule is CCCCC(CN)NC(=O)CCc1c(C)noc1Cl.Cl. The van der Waals surface area contributed by atoms with Gasteiger partial charge in [-0.25, -0.2) is 0 Å². The summed E-state index contributed by atoms with van der Waals surface area (Å²) < 4.78 is 4.85. The Morgan fingerprint density at radius 3 is 2.75 bits per heavy atom. The van der Waals surface area contributed by atoms with Crippen LogP contribution in [0.25, 0.3) is 0 Å². The summed E-state index contributed by atoms with van der Waals surface area (Å²) in [7, 11) is 0. The number of halogens is 2. The van der Waals surface area contributed by atoms with Crippen LogP contribution in [-0.2, 0) is 11.2 Å². The van der Waals surface area contributed by atoms with Crippen LogP contribution in [0.1, 0.15) is 43.9 Å². The molecule has 0 aliphatic heterocycles. The van der Waals surface area contributed by atoms with Gasteiger partial charge >= 0.3 is 0 Å². The zero-order chi connectivity index (χ0) is 14.3. The van der Waals surface area contributed by atoms with Crippen molar-refractivity contribution in [1.82, 2.24) is 10.5 Å². The number of carbonyl (C=O) groups is 1. The van der Waals surface area contributed by atoms with Crippen LogP contribution in [0, 0.1) is 6.92 Å². The van der Waals surface area contributed by atoms with Gasteiger partial charge in [-0.1, -0.05) is 24.9 Å². The van der Waals surface area contributed by atoms with E-state index in [1.807, 2.05) is 6.92 Å². The van der Waals surface area contributed by atoms with Crippen molar-refractivity contribution in [2.45, 2.75) is 52.0 Å². The molecule has 0 aromatic carbocycles. The molecule has 7 heteroatoms. The van der Waals surface area contributed by atoms with Gasteiger partial charge in [-0.2, -0.15) is 0 Å². The topological polar surface area (TPSA) is 81.1 Å².